The Morgan fingerprint density at radius 1 is 1.07 bits per heavy atom. The number of anilines is 1. The molecule has 1 fully saturated rings. The lowest BCUT2D eigenvalue weighted by molar-refractivity contribution is -0.122. The van der Waals surface area contributed by atoms with Crippen molar-refractivity contribution in [1.82, 2.24) is 14.5 Å². The van der Waals surface area contributed by atoms with Gasteiger partial charge in [-0.15, -0.1) is 0 Å². The Hall–Kier alpha value is -3.43. The Morgan fingerprint density at radius 2 is 1.83 bits per heavy atom. The van der Waals surface area contributed by atoms with Crippen molar-refractivity contribution in [1.29, 1.82) is 0 Å². The van der Waals surface area contributed by atoms with Gasteiger partial charge in [-0.1, -0.05) is 42.5 Å². The van der Waals surface area contributed by atoms with Crippen LogP contribution in [0, 0.1) is 6.57 Å². The zero-order valence-electron chi connectivity index (χ0n) is 16.7. The van der Waals surface area contributed by atoms with Crippen LogP contribution in [0.4, 0.5) is 11.4 Å². The number of piperidine rings is 1. The number of amides is 1. The van der Waals surface area contributed by atoms with Crippen LogP contribution in [0.5, 0.6) is 0 Å². The normalized spacial score (nSPS) is 17.5. The second-order valence-electron chi connectivity index (χ2n) is 8.15. The number of carbonyl (C=O) groups excluding carboxylic acids is 1. The van der Waals surface area contributed by atoms with E-state index >= 15 is 0 Å². The SMILES string of the molecule is [C-]#[N+]c1ccc(Cn2cncc2CN2CCC3(CC2)C(=O)Nc2ccccc23)cc1. The zero-order valence-corrected chi connectivity index (χ0v) is 16.7. The van der Waals surface area contributed by atoms with Crippen LogP contribution in [0.25, 0.3) is 4.85 Å². The van der Waals surface area contributed by atoms with Crippen LogP contribution >= 0.6 is 0 Å². The molecule has 30 heavy (non-hydrogen) atoms. The van der Waals surface area contributed by atoms with Crippen molar-refractivity contribution in [3.63, 3.8) is 0 Å². The molecule has 3 aromatic rings. The van der Waals surface area contributed by atoms with Gasteiger partial charge in [-0.3, -0.25) is 9.69 Å². The average Bonchev–Trinajstić information content (AvgIpc) is 3.32. The first-order valence-corrected chi connectivity index (χ1v) is 10.3. The summed E-state index contributed by atoms with van der Waals surface area (Å²) in [5, 5.41) is 3.07. The summed E-state index contributed by atoms with van der Waals surface area (Å²) in [5.41, 5.74) is 4.72. The van der Waals surface area contributed by atoms with Crippen LogP contribution < -0.4 is 5.32 Å². The maximum Gasteiger partial charge on any atom is 0.235 e. The van der Waals surface area contributed by atoms with E-state index in [0.717, 1.165) is 61.5 Å². The Labute approximate surface area is 176 Å². The number of para-hydroxylation sites is 1. The molecule has 2 aliphatic rings. The van der Waals surface area contributed by atoms with Crippen LogP contribution in [-0.2, 0) is 23.3 Å². The van der Waals surface area contributed by atoms with Gasteiger partial charge in [0.1, 0.15) is 0 Å². The number of benzene rings is 2. The molecule has 2 aliphatic heterocycles. The van der Waals surface area contributed by atoms with Gasteiger partial charge in [-0.05, 0) is 43.1 Å². The smallest absolute Gasteiger partial charge is 0.235 e. The number of imidazole rings is 1. The number of rotatable bonds is 4. The van der Waals surface area contributed by atoms with E-state index in [4.69, 9.17) is 6.57 Å². The molecule has 2 aromatic carbocycles. The first-order chi connectivity index (χ1) is 14.7. The van der Waals surface area contributed by atoms with Gasteiger partial charge < -0.3 is 9.88 Å². The Morgan fingerprint density at radius 3 is 2.60 bits per heavy atom. The number of aromatic nitrogens is 2. The third-order valence-corrected chi connectivity index (χ3v) is 6.44. The number of hydrogen-bond donors (Lipinski definition) is 1. The monoisotopic (exact) mass is 397 g/mol. The molecule has 0 unspecified atom stereocenters. The molecule has 0 saturated carbocycles. The highest BCUT2D eigenvalue weighted by Crippen LogP contribution is 2.44. The van der Waals surface area contributed by atoms with Gasteiger partial charge >= 0.3 is 0 Å². The van der Waals surface area contributed by atoms with Crippen LogP contribution in [0.15, 0.2) is 61.1 Å². The van der Waals surface area contributed by atoms with Crippen molar-refractivity contribution < 1.29 is 4.79 Å². The van der Waals surface area contributed by atoms with Crippen LogP contribution in [0.3, 0.4) is 0 Å². The molecule has 0 bridgehead atoms. The van der Waals surface area contributed by atoms with E-state index in [0.29, 0.717) is 5.69 Å². The molecular formula is C24H23N5O. The van der Waals surface area contributed by atoms with E-state index in [1.807, 2.05) is 55.0 Å². The van der Waals surface area contributed by atoms with Gasteiger partial charge in [0.25, 0.3) is 0 Å². The molecule has 1 aromatic heterocycles. The van der Waals surface area contributed by atoms with E-state index in [2.05, 4.69) is 30.7 Å². The summed E-state index contributed by atoms with van der Waals surface area (Å²) in [6.45, 7) is 10.4. The van der Waals surface area contributed by atoms with E-state index < -0.39 is 0 Å². The summed E-state index contributed by atoms with van der Waals surface area (Å²) < 4.78 is 2.16. The van der Waals surface area contributed by atoms with Gasteiger partial charge in [-0.25, -0.2) is 9.83 Å². The minimum absolute atomic E-state index is 0.149. The molecule has 5 rings (SSSR count). The number of likely N-dealkylation sites (tertiary alicyclic amines) is 1. The average molecular weight is 397 g/mol. The molecule has 1 amide bonds. The second-order valence-corrected chi connectivity index (χ2v) is 8.15. The van der Waals surface area contributed by atoms with Gasteiger partial charge in [0, 0.05) is 25.0 Å². The minimum atomic E-state index is -0.377. The van der Waals surface area contributed by atoms with Crippen molar-refractivity contribution in [2.24, 2.45) is 0 Å². The van der Waals surface area contributed by atoms with Crippen molar-refractivity contribution in [3.05, 3.63) is 89.3 Å². The fourth-order valence-corrected chi connectivity index (χ4v) is 4.69. The summed E-state index contributed by atoms with van der Waals surface area (Å²) in [5.74, 6) is 0.149. The highest BCUT2D eigenvalue weighted by atomic mass is 16.2. The summed E-state index contributed by atoms with van der Waals surface area (Å²) in [4.78, 5) is 23.0. The Kier molecular flexibility index (Phi) is 4.61. The number of fused-ring (bicyclic) bond motifs is 2. The maximum atomic E-state index is 12.8. The Balaban J connectivity index is 1.26. The van der Waals surface area contributed by atoms with Gasteiger partial charge in [-0.2, -0.15) is 0 Å². The molecule has 0 radical (unpaired) electrons. The number of carbonyl (C=O) groups is 1. The Bertz CT molecular complexity index is 1120. The lowest BCUT2D eigenvalue weighted by Crippen LogP contribution is -2.46. The molecule has 0 atom stereocenters. The molecule has 1 saturated heterocycles. The zero-order chi connectivity index (χ0) is 20.6. The molecule has 150 valence electrons. The van der Waals surface area contributed by atoms with Crippen LogP contribution in [-0.4, -0.2) is 33.4 Å². The fourth-order valence-electron chi connectivity index (χ4n) is 4.69. The van der Waals surface area contributed by atoms with Crippen molar-refractivity contribution >= 4 is 17.3 Å². The second kappa shape index (κ2) is 7.43. The summed E-state index contributed by atoms with van der Waals surface area (Å²) >= 11 is 0. The predicted octanol–water partition coefficient (Wildman–Crippen LogP) is 3.97. The number of nitrogens with zero attached hydrogens (tertiary/aromatic N) is 4. The predicted molar refractivity (Wildman–Crippen MR) is 115 cm³/mol. The summed E-state index contributed by atoms with van der Waals surface area (Å²) in [6.07, 6.45) is 5.46. The van der Waals surface area contributed by atoms with Crippen molar-refractivity contribution in [3.8, 4) is 0 Å². The van der Waals surface area contributed by atoms with E-state index in [9.17, 15) is 4.79 Å². The molecule has 6 heteroatoms. The maximum absolute atomic E-state index is 12.8. The third-order valence-electron chi connectivity index (χ3n) is 6.44. The molecule has 3 heterocycles. The van der Waals surface area contributed by atoms with Gasteiger partial charge in [0.15, 0.2) is 5.69 Å². The highest BCUT2D eigenvalue weighted by Gasteiger charge is 2.48. The fraction of sp³-hybridized carbons (Fsp3) is 0.292. The quantitative estimate of drug-likeness (QED) is 0.678. The third kappa shape index (κ3) is 3.17. The summed E-state index contributed by atoms with van der Waals surface area (Å²) in [7, 11) is 0. The number of hydrogen-bond acceptors (Lipinski definition) is 3. The van der Waals surface area contributed by atoms with E-state index in [-0.39, 0.29) is 11.3 Å². The molecule has 6 nitrogen and oxygen atoms in total. The van der Waals surface area contributed by atoms with Gasteiger partial charge in [0.2, 0.25) is 5.91 Å². The minimum Gasteiger partial charge on any atom is -0.329 e. The topological polar surface area (TPSA) is 54.5 Å². The first kappa shape index (κ1) is 18.6. The first-order valence-electron chi connectivity index (χ1n) is 10.3. The number of nitrogens with one attached hydrogen (secondary N) is 1. The highest BCUT2D eigenvalue weighted by molar-refractivity contribution is 6.06. The molecule has 0 aliphatic carbocycles. The van der Waals surface area contributed by atoms with Crippen LogP contribution in [0.1, 0.15) is 29.7 Å². The van der Waals surface area contributed by atoms with Crippen molar-refractivity contribution in [2.45, 2.75) is 31.3 Å². The van der Waals surface area contributed by atoms with Gasteiger partial charge in [0.05, 0.1) is 24.0 Å². The standard InChI is InChI=1S/C24H23N5O/c1-25-19-8-6-18(7-9-19)15-29-17-26-14-20(29)16-28-12-10-24(11-13-28)21-4-2-3-5-22(21)27-23(24)30/h2-9,14,17H,10-13,15-16H2,(H,27,30). The lowest BCUT2D eigenvalue weighted by Gasteiger charge is -2.38. The van der Waals surface area contributed by atoms with Crippen LogP contribution in [0.2, 0.25) is 0 Å². The lowest BCUT2D eigenvalue weighted by atomic mass is 9.73. The van der Waals surface area contributed by atoms with E-state index in [1.165, 1.54) is 0 Å². The molecular weight excluding hydrogens is 374 g/mol. The van der Waals surface area contributed by atoms with Crippen molar-refractivity contribution in [2.75, 3.05) is 18.4 Å². The largest absolute Gasteiger partial charge is 0.329 e. The van der Waals surface area contributed by atoms with E-state index in [1.54, 1.807) is 0 Å². The molecule has 1 N–H and O–H groups in total. The summed E-state index contributed by atoms with van der Waals surface area (Å²) in [6, 6.07) is 15.8. The molecule has 1 spiro atoms.